The summed E-state index contributed by atoms with van der Waals surface area (Å²) in [5.74, 6) is 0.470. The highest BCUT2D eigenvalue weighted by atomic mass is 32.2. The number of sulfonamides is 1. The summed E-state index contributed by atoms with van der Waals surface area (Å²) >= 11 is 0. The number of halogens is 1. The van der Waals surface area contributed by atoms with Crippen LogP contribution in [0.1, 0.15) is 0 Å². The maximum Gasteiger partial charge on any atom is 0.240 e. The van der Waals surface area contributed by atoms with Crippen molar-refractivity contribution in [2.45, 2.75) is 4.90 Å². The Kier molecular flexibility index (Phi) is 5.26. The third-order valence-electron chi connectivity index (χ3n) is 2.30. The van der Waals surface area contributed by atoms with Gasteiger partial charge in [-0.05, 0) is 31.3 Å². The Labute approximate surface area is 105 Å². The van der Waals surface area contributed by atoms with E-state index in [1.165, 1.54) is 31.3 Å². The van der Waals surface area contributed by atoms with Gasteiger partial charge in [-0.1, -0.05) is 0 Å². The second kappa shape index (κ2) is 6.48. The van der Waals surface area contributed by atoms with Crippen molar-refractivity contribution in [1.29, 1.82) is 0 Å². The summed E-state index contributed by atoms with van der Waals surface area (Å²) < 4.78 is 42.7. The SMILES string of the molecule is CNS(=O)(=O)c1ccc(OCC(=CF)C[NH3+])cc1. The van der Waals surface area contributed by atoms with Crippen LogP contribution in [0, 0.1) is 0 Å². The smallest absolute Gasteiger partial charge is 0.240 e. The van der Waals surface area contributed by atoms with Gasteiger partial charge in [-0.3, -0.25) is 0 Å². The molecular formula is C11H16FN2O3S+. The highest BCUT2D eigenvalue weighted by molar-refractivity contribution is 7.89. The zero-order chi connectivity index (χ0) is 13.6. The lowest BCUT2D eigenvalue weighted by molar-refractivity contribution is -0.356. The first-order valence-electron chi connectivity index (χ1n) is 5.27. The normalized spacial score (nSPS) is 12.5. The van der Waals surface area contributed by atoms with Gasteiger partial charge in [0.1, 0.15) is 18.9 Å². The standard InChI is InChI=1S/C11H15FN2O3S/c1-14-18(15,16)11-4-2-10(3-5-11)17-8-9(6-12)7-13/h2-6,14H,7-8,13H2,1H3/p+1. The van der Waals surface area contributed by atoms with Crippen LogP contribution in [0.3, 0.4) is 0 Å². The van der Waals surface area contributed by atoms with E-state index in [4.69, 9.17) is 4.74 Å². The lowest BCUT2D eigenvalue weighted by Gasteiger charge is -2.07. The van der Waals surface area contributed by atoms with Crippen LogP contribution in [0.4, 0.5) is 4.39 Å². The quantitative estimate of drug-likeness (QED) is 0.770. The molecule has 0 aliphatic rings. The predicted octanol–water partition coefficient (Wildman–Crippen LogP) is 0.0688. The Balaban J connectivity index is 2.73. The number of ether oxygens (including phenoxy) is 1. The fourth-order valence-electron chi connectivity index (χ4n) is 1.17. The van der Waals surface area contributed by atoms with Crippen molar-refractivity contribution < 1.29 is 23.3 Å². The summed E-state index contributed by atoms with van der Waals surface area (Å²) in [6, 6.07) is 5.88. The molecule has 0 spiro atoms. The first kappa shape index (κ1) is 14.6. The molecule has 1 aromatic rings. The second-order valence-electron chi connectivity index (χ2n) is 3.48. The van der Waals surface area contributed by atoms with E-state index in [9.17, 15) is 12.8 Å². The van der Waals surface area contributed by atoms with Gasteiger partial charge in [0.15, 0.2) is 0 Å². The average Bonchev–Trinajstić information content (AvgIpc) is 2.40. The van der Waals surface area contributed by atoms with E-state index in [-0.39, 0.29) is 11.5 Å². The van der Waals surface area contributed by atoms with Gasteiger partial charge in [0, 0.05) is 5.57 Å². The molecule has 0 saturated heterocycles. The minimum Gasteiger partial charge on any atom is -0.489 e. The molecule has 5 nitrogen and oxygen atoms in total. The van der Waals surface area contributed by atoms with Gasteiger partial charge in [0.2, 0.25) is 10.0 Å². The molecule has 0 aromatic heterocycles. The molecule has 0 atom stereocenters. The minimum atomic E-state index is -3.44. The van der Waals surface area contributed by atoms with Crippen molar-refractivity contribution in [2.75, 3.05) is 20.2 Å². The van der Waals surface area contributed by atoms with Crippen molar-refractivity contribution in [3.05, 3.63) is 36.2 Å². The molecule has 0 saturated carbocycles. The van der Waals surface area contributed by atoms with Gasteiger partial charge in [0.05, 0.1) is 11.2 Å². The van der Waals surface area contributed by atoms with E-state index in [0.717, 1.165) is 0 Å². The van der Waals surface area contributed by atoms with Crippen molar-refractivity contribution in [3.8, 4) is 5.75 Å². The fraction of sp³-hybridized carbons (Fsp3) is 0.273. The number of benzene rings is 1. The fourth-order valence-corrected chi connectivity index (χ4v) is 1.90. The molecule has 0 unspecified atom stereocenters. The van der Waals surface area contributed by atoms with E-state index < -0.39 is 10.0 Å². The third-order valence-corrected chi connectivity index (χ3v) is 3.73. The number of hydrogen-bond acceptors (Lipinski definition) is 3. The largest absolute Gasteiger partial charge is 0.489 e. The van der Waals surface area contributed by atoms with Crippen molar-refractivity contribution in [3.63, 3.8) is 0 Å². The van der Waals surface area contributed by atoms with Gasteiger partial charge in [0.25, 0.3) is 0 Å². The maximum atomic E-state index is 12.3. The second-order valence-corrected chi connectivity index (χ2v) is 5.37. The van der Waals surface area contributed by atoms with Crippen LogP contribution >= 0.6 is 0 Å². The number of quaternary nitrogens is 1. The highest BCUT2D eigenvalue weighted by Crippen LogP contribution is 2.16. The van der Waals surface area contributed by atoms with Gasteiger partial charge >= 0.3 is 0 Å². The Morgan fingerprint density at radius 3 is 2.50 bits per heavy atom. The Morgan fingerprint density at radius 2 is 2.06 bits per heavy atom. The van der Waals surface area contributed by atoms with Crippen molar-refractivity contribution in [2.24, 2.45) is 0 Å². The summed E-state index contributed by atoms with van der Waals surface area (Å²) in [5, 5.41) is 0. The Bertz CT molecular complexity index is 512. The van der Waals surface area contributed by atoms with E-state index in [0.29, 0.717) is 24.2 Å². The van der Waals surface area contributed by atoms with Crippen molar-refractivity contribution in [1.82, 2.24) is 4.72 Å². The molecule has 0 radical (unpaired) electrons. The van der Waals surface area contributed by atoms with E-state index in [1.807, 2.05) is 0 Å². The number of hydrogen-bond donors (Lipinski definition) is 2. The highest BCUT2D eigenvalue weighted by Gasteiger charge is 2.10. The van der Waals surface area contributed by atoms with Crippen LogP contribution in [0.15, 0.2) is 41.1 Å². The van der Waals surface area contributed by atoms with Gasteiger partial charge in [-0.15, -0.1) is 0 Å². The third kappa shape index (κ3) is 3.80. The molecule has 100 valence electrons. The Hall–Kier alpha value is -1.44. The van der Waals surface area contributed by atoms with E-state index >= 15 is 0 Å². The zero-order valence-corrected chi connectivity index (χ0v) is 10.8. The van der Waals surface area contributed by atoms with Crippen LogP contribution < -0.4 is 15.2 Å². The molecule has 1 rings (SSSR count). The molecule has 0 amide bonds. The molecule has 7 heteroatoms. The Morgan fingerprint density at radius 1 is 1.44 bits per heavy atom. The van der Waals surface area contributed by atoms with E-state index in [2.05, 4.69) is 10.5 Å². The average molecular weight is 275 g/mol. The van der Waals surface area contributed by atoms with Gasteiger partial charge in [-0.2, -0.15) is 0 Å². The van der Waals surface area contributed by atoms with Crippen LogP contribution in [0.2, 0.25) is 0 Å². The molecule has 1 aromatic carbocycles. The van der Waals surface area contributed by atoms with Crippen LogP contribution in [-0.4, -0.2) is 28.6 Å². The molecule has 18 heavy (non-hydrogen) atoms. The molecule has 0 aliphatic heterocycles. The summed E-state index contributed by atoms with van der Waals surface area (Å²) in [5.41, 5.74) is 3.98. The molecular weight excluding hydrogens is 259 g/mol. The maximum absolute atomic E-state index is 12.3. The lowest BCUT2D eigenvalue weighted by atomic mass is 10.3. The first-order valence-corrected chi connectivity index (χ1v) is 6.75. The predicted molar refractivity (Wildman–Crippen MR) is 65.1 cm³/mol. The molecule has 4 N–H and O–H groups in total. The molecule has 0 aliphatic carbocycles. The van der Waals surface area contributed by atoms with Crippen LogP contribution in [0.5, 0.6) is 5.75 Å². The topological polar surface area (TPSA) is 83.0 Å². The lowest BCUT2D eigenvalue weighted by Crippen LogP contribution is -2.51. The molecule has 0 bridgehead atoms. The van der Waals surface area contributed by atoms with Crippen molar-refractivity contribution >= 4 is 10.0 Å². The first-order chi connectivity index (χ1) is 8.53. The zero-order valence-electron chi connectivity index (χ0n) is 10.0. The number of rotatable bonds is 6. The van der Waals surface area contributed by atoms with Gasteiger partial charge in [-0.25, -0.2) is 17.5 Å². The summed E-state index contributed by atoms with van der Waals surface area (Å²) in [6.45, 7) is 0.418. The molecule has 0 heterocycles. The monoisotopic (exact) mass is 275 g/mol. The summed E-state index contributed by atoms with van der Waals surface area (Å²) in [6.07, 6.45) is 0.465. The van der Waals surface area contributed by atoms with Crippen LogP contribution in [-0.2, 0) is 10.0 Å². The van der Waals surface area contributed by atoms with Crippen LogP contribution in [0.25, 0.3) is 0 Å². The molecule has 0 fully saturated rings. The number of nitrogens with one attached hydrogen (secondary N) is 1. The summed E-state index contributed by atoms with van der Waals surface area (Å²) in [7, 11) is -2.10. The minimum absolute atomic E-state index is 0.0954. The summed E-state index contributed by atoms with van der Waals surface area (Å²) in [4.78, 5) is 0.149. The van der Waals surface area contributed by atoms with E-state index in [1.54, 1.807) is 0 Å². The van der Waals surface area contributed by atoms with Gasteiger partial charge < -0.3 is 10.5 Å².